The number of hydrogen-bond acceptors (Lipinski definition) is 7. The van der Waals surface area contributed by atoms with Gasteiger partial charge in [-0.25, -0.2) is 14.9 Å². The van der Waals surface area contributed by atoms with Crippen molar-refractivity contribution >= 4 is 22.2 Å². The average Bonchev–Trinajstić information content (AvgIpc) is 2.71. The van der Waals surface area contributed by atoms with E-state index in [4.69, 9.17) is 9.47 Å². The number of fused-ring (bicyclic) bond motifs is 1. The largest absolute Gasteiger partial charge is 0.443 e. The standard InChI is InChI=1S/C21H32N4O6S/c1-21(2,3)31-20(27)25-32(28,29)22-12-13-5-7-14(8-6-13)18-17-11-15(30-4)9-10-16(17)19(26)24-23-18/h5-8,15-18,22-23H,9-12H2,1-4H3,(H,24,26)(H,25,27). The molecule has 1 aliphatic heterocycles. The van der Waals surface area contributed by atoms with Crippen LogP contribution >= 0.6 is 0 Å². The van der Waals surface area contributed by atoms with Gasteiger partial charge in [-0.15, -0.1) is 0 Å². The summed E-state index contributed by atoms with van der Waals surface area (Å²) in [5.41, 5.74) is 6.81. The predicted molar refractivity (Wildman–Crippen MR) is 117 cm³/mol. The van der Waals surface area contributed by atoms with Crippen LogP contribution in [0.1, 0.15) is 57.2 Å². The highest BCUT2D eigenvalue weighted by Gasteiger charge is 2.43. The van der Waals surface area contributed by atoms with Crippen molar-refractivity contribution in [2.75, 3.05) is 7.11 Å². The molecule has 1 aromatic carbocycles. The Kier molecular flexibility index (Phi) is 7.43. The van der Waals surface area contributed by atoms with Gasteiger partial charge in [-0.1, -0.05) is 24.3 Å². The molecule has 4 unspecified atom stereocenters. The van der Waals surface area contributed by atoms with Gasteiger partial charge in [-0.05, 0) is 57.1 Å². The van der Waals surface area contributed by atoms with Crippen molar-refractivity contribution in [3.05, 3.63) is 35.4 Å². The van der Waals surface area contributed by atoms with Crippen LogP contribution < -0.4 is 20.3 Å². The quantitative estimate of drug-likeness (QED) is 0.499. The van der Waals surface area contributed by atoms with Crippen LogP contribution in [0, 0.1) is 11.8 Å². The summed E-state index contributed by atoms with van der Waals surface area (Å²) in [5.74, 6) is 0.0761. The average molecular weight is 469 g/mol. The van der Waals surface area contributed by atoms with E-state index in [1.807, 2.05) is 29.0 Å². The Labute approximate surface area is 189 Å². The Morgan fingerprint density at radius 3 is 2.50 bits per heavy atom. The van der Waals surface area contributed by atoms with Crippen LogP contribution in [0.4, 0.5) is 4.79 Å². The number of nitrogens with one attached hydrogen (secondary N) is 4. The molecule has 4 atom stereocenters. The molecule has 1 aromatic rings. The minimum atomic E-state index is -4.06. The highest BCUT2D eigenvalue weighted by Crippen LogP contribution is 2.41. The molecule has 10 nitrogen and oxygen atoms in total. The lowest BCUT2D eigenvalue weighted by Crippen LogP contribution is -2.56. The SMILES string of the molecule is COC1CCC2C(=O)NNC(c3ccc(CNS(=O)(=O)NC(=O)OC(C)(C)C)cc3)C2C1. The number of carbonyl (C=O) groups is 2. The van der Waals surface area contributed by atoms with E-state index in [0.717, 1.165) is 30.4 Å². The molecule has 0 aromatic heterocycles. The van der Waals surface area contributed by atoms with E-state index in [1.54, 1.807) is 27.9 Å². The topological polar surface area (TPSA) is 135 Å². The number of amides is 2. The maximum atomic E-state index is 12.3. The van der Waals surface area contributed by atoms with Gasteiger partial charge in [0.05, 0.1) is 12.1 Å². The first kappa shape index (κ1) is 24.4. The molecule has 2 amide bonds. The van der Waals surface area contributed by atoms with Crippen molar-refractivity contribution in [3.8, 4) is 0 Å². The Hall–Kier alpha value is -2.21. The van der Waals surface area contributed by atoms with Crippen LogP contribution in [0.25, 0.3) is 0 Å². The minimum Gasteiger partial charge on any atom is -0.443 e. The van der Waals surface area contributed by atoms with E-state index in [-0.39, 0.29) is 36.4 Å². The van der Waals surface area contributed by atoms with E-state index in [1.165, 1.54) is 0 Å². The summed E-state index contributed by atoms with van der Waals surface area (Å²) in [4.78, 5) is 24.0. The predicted octanol–water partition coefficient (Wildman–Crippen LogP) is 1.65. The first-order valence-corrected chi connectivity index (χ1v) is 12.1. The summed E-state index contributed by atoms with van der Waals surface area (Å²) in [6, 6.07) is 7.39. The molecule has 32 heavy (non-hydrogen) atoms. The second-order valence-corrected chi connectivity index (χ2v) is 10.7. The number of ether oxygens (including phenoxy) is 2. The summed E-state index contributed by atoms with van der Waals surface area (Å²) < 4.78 is 38.8. The number of hydrazine groups is 1. The van der Waals surface area contributed by atoms with Gasteiger partial charge in [0.1, 0.15) is 5.60 Å². The number of rotatable bonds is 6. The van der Waals surface area contributed by atoms with E-state index >= 15 is 0 Å². The maximum Gasteiger partial charge on any atom is 0.422 e. The third-order valence-electron chi connectivity index (χ3n) is 5.72. The van der Waals surface area contributed by atoms with Crippen LogP contribution in [0.5, 0.6) is 0 Å². The Morgan fingerprint density at radius 2 is 1.88 bits per heavy atom. The monoisotopic (exact) mass is 468 g/mol. The van der Waals surface area contributed by atoms with Gasteiger partial charge < -0.3 is 9.47 Å². The molecule has 1 heterocycles. The first-order chi connectivity index (χ1) is 15.0. The van der Waals surface area contributed by atoms with Gasteiger partial charge in [0.2, 0.25) is 5.91 Å². The lowest BCUT2D eigenvalue weighted by molar-refractivity contribution is -0.135. The molecule has 1 saturated heterocycles. The third kappa shape index (κ3) is 6.41. The van der Waals surface area contributed by atoms with Crippen molar-refractivity contribution in [2.45, 2.75) is 64.3 Å². The van der Waals surface area contributed by atoms with Gasteiger partial charge in [0, 0.05) is 19.6 Å². The highest BCUT2D eigenvalue weighted by atomic mass is 32.2. The van der Waals surface area contributed by atoms with Crippen molar-refractivity contribution in [1.82, 2.24) is 20.3 Å². The molecule has 1 aliphatic carbocycles. The summed E-state index contributed by atoms with van der Waals surface area (Å²) in [6.45, 7) is 4.94. The summed E-state index contributed by atoms with van der Waals surface area (Å²) >= 11 is 0. The second-order valence-electron chi connectivity index (χ2n) is 9.22. The molecule has 11 heteroatoms. The molecule has 2 fully saturated rings. The molecule has 1 saturated carbocycles. The Bertz CT molecular complexity index is 929. The minimum absolute atomic E-state index is 0.00500. The van der Waals surface area contributed by atoms with Gasteiger partial charge in [0.15, 0.2) is 0 Å². The zero-order valence-corrected chi connectivity index (χ0v) is 19.6. The first-order valence-electron chi connectivity index (χ1n) is 10.6. The lowest BCUT2D eigenvalue weighted by Gasteiger charge is -2.43. The van der Waals surface area contributed by atoms with Crippen LogP contribution in [-0.2, 0) is 31.0 Å². The van der Waals surface area contributed by atoms with Gasteiger partial charge in [-0.2, -0.15) is 13.1 Å². The summed E-state index contributed by atoms with van der Waals surface area (Å²) in [5, 5.41) is 0. The Morgan fingerprint density at radius 1 is 1.19 bits per heavy atom. The molecule has 178 valence electrons. The highest BCUT2D eigenvalue weighted by molar-refractivity contribution is 7.88. The maximum absolute atomic E-state index is 12.3. The fraction of sp³-hybridized carbons (Fsp3) is 0.619. The Balaban J connectivity index is 1.61. The van der Waals surface area contributed by atoms with Crippen LogP contribution in [0.2, 0.25) is 0 Å². The van der Waals surface area contributed by atoms with Crippen LogP contribution in [0.15, 0.2) is 24.3 Å². The molecule has 3 rings (SSSR count). The third-order valence-corrected chi connectivity index (χ3v) is 6.68. The normalized spacial score (nSPS) is 26.1. The zero-order chi connectivity index (χ0) is 23.5. The molecule has 2 aliphatic rings. The number of hydrogen-bond donors (Lipinski definition) is 4. The molecule has 0 radical (unpaired) electrons. The second kappa shape index (κ2) is 9.74. The number of methoxy groups -OCH3 is 1. The van der Waals surface area contributed by atoms with Crippen molar-refractivity contribution < 1.29 is 27.5 Å². The van der Waals surface area contributed by atoms with Crippen molar-refractivity contribution in [3.63, 3.8) is 0 Å². The van der Waals surface area contributed by atoms with E-state index in [2.05, 4.69) is 15.6 Å². The van der Waals surface area contributed by atoms with Crippen LogP contribution in [0.3, 0.4) is 0 Å². The molecule has 4 N–H and O–H groups in total. The smallest absolute Gasteiger partial charge is 0.422 e. The fourth-order valence-electron chi connectivity index (χ4n) is 4.22. The van der Waals surface area contributed by atoms with E-state index in [0.29, 0.717) is 0 Å². The fourth-order valence-corrected chi connectivity index (χ4v) is 4.91. The van der Waals surface area contributed by atoms with E-state index < -0.39 is 21.9 Å². The van der Waals surface area contributed by atoms with Gasteiger partial charge >= 0.3 is 16.3 Å². The molecular weight excluding hydrogens is 436 g/mol. The lowest BCUT2D eigenvalue weighted by atomic mass is 9.71. The zero-order valence-electron chi connectivity index (χ0n) is 18.8. The summed E-state index contributed by atoms with van der Waals surface area (Å²) in [6.07, 6.45) is 1.55. The van der Waals surface area contributed by atoms with Gasteiger partial charge in [0.25, 0.3) is 0 Å². The van der Waals surface area contributed by atoms with E-state index in [9.17, 15) is 18.0 Å². The molecule has 0 bridgehead atoms. The van der Waals surface area contributed by atoms with Gasteiger partial charge in [-0.3, -0.25) is 10.2 Å². The van der Waals surface area contributed by atoms with Crippen molar-refractivity contribution in [2.24, 2.45) is 11.8 Å². The van der Waals surface area contributed by atoms with Crippen molar-refractivity contribution in [1.29, 1.82) is 0 Å². The molecule has 0 spiro atoms. The number of carbonyl (C=O) groups excluding carboxylic acids is 2. The van der Waals surface area contributed by atoms with Crippen LogP contribution in [-0.4, -0.2) is 39.2 Å². The molecular formula is C21H32N4O6S. The summed E-state index contributed by atoms with van der Waals surface area (Å²) in [7, 11) is -2.36. The number of benzene rings is 1.